The third-order valence-corrected chi connectivity index (χ3v) is 2.84. The van der Waals surface area contributed by atoms with Crippen LogP contribution in [0.25, 0.3) is 11.0 Å². The summed E-state index contributed by atoms with van der Waals surface area (Å²) in [6.07, 6.45) is 0. The molecule has 0 fully saturated rings. The molecule has 0 aliphatic carbocycles. The smallest absolute Gasteiger partial charge is 0.287 e. The highest BCUT2D eigenvalue weighted by atomic mass is 16.3. The molecule has 1 amide bonds. The summed E-state index contributed by atoms with van der Waals surface area (Å²) in [7, 11) is 1.80. The Morgan fingerprint density at radius 1 is 1.44 bits per heavy atom. The van der Waals surface area contributed by atoms with Crippen LogP contribution in [0.1, 0.15) is 24.5 Å². The van der Waals surface area contributed by atoms with Gasteiger partial charge in [0.25, 0.3) is 5.91 Å². The van der Waals surface area contributed by atoms with Gasteiger partial charge in [0.2, 0.25) is 0 Å². The molecule has 1 aromatic heterocycles. The van der Waals surface area contributed by atoms with Crippen molar-refractivity contribution >= 4 is 16.9 Å². The number of rotatable bonds is 3. The van der Waals surface area contributed by atoms with E-state index in [4.69, 9.17) is 5.11 Å². The number of fused-ring (bicyclic) bond motifs is 1. The summed E-state index contributed by atoms with van der Waals surface area (Å²) < 4.78 is 1.75. The molecular weight excluding hydrogens is 230 g/mol. The molecule has 0 spiro atoms. The highest BCUT2D eigenvalue weighted by Crippen LogP contribution is 2.14. The Morgan fingerprint density at radius 3 is 2.72 bits per heavy atom. The van der Waals surface area contributed by atoms with Crippen LogP contribution < -0.4 is 5.32 Å². The molecule has 5 heteroatoms. The molecule has 0 unspecified atom stereocenters. The van der Waals surface area contributed by atoms with Gasteiger partial charge >= 0.3 is 0 Å². The van der Waals surface area contributed by atoms with Gasteiger partial charge in [0.15, 0.2) is 5.82 Å². The molecule has 0 saturated carbocycles. The zero-order valence-corrected chi connectivity index (χ0v) is 10.8. The predicted octanol–water partition coefficient (Wildman–Crippen LogP) is 1.07. The second kappa shape index (κ2) is 4.42. The average molecular weight is 247 g/mol. The second-order valence-corrected chi connectivity index (χ2v) is 4.98. The number of nitrogens with one attached hydrogen (secondary N) is 1. The maximum atomic E-state index is 12.1. The number of nitrogens with zero attached hydrogens (tertiary/aromatic N) is 2. The number of imidazole rings is 1. The fraction of sp³-hybridized carbons (Fsp3) is 0.385. The number of amides is 1. The molecule has 96 valence electrons. The average Bonchev–Trinajstić information content (AvgIpc) is 2.67. The van der Waals surface area contributed by atoms with Crippen molar-refractivity contribution in [1.29, 1.82) is 0 Å². The van der Waals surface area contributed by atoms with Crippen molar-refractivity contribution in [3.8, 4) is 0 Å². The first-order valence-corrected chi connectivity index (χ1v) is 5.79. The number of hydrogen-bond acceptors (Lipinski definition) is 3. The van der Waals surface area contributed by atoms with E-state index < -0.39 is 5.54 Å². The van der Waals surface area contributed by atoms with Gasteiger partial charge in [0.1, 0.15) is 0 Å². The monoisotopic (exact) mass is 247 g/mol. The Labute approximate surface area is 105 Å². The summed E-state index contributed by atoms with van der Waals surface area (Å²) in [6.45, 7) is 3.39. The first kappa shape index (κ1) is 12.6. The minimum absolute atomic E-state index is 0.122. The van der Waals surface area contributed by atoms with Crippen molar-refractivity contribution in [3.63, 3.8) is 0 Å². The number of aliphatic hydroxyl groups excluding tert-OH is 1. The molecule has 0 atom stereocenters. The molecule has 0 aliphatic heterocycles. The van der Waals surface area contributed by atoms with Gasteiger partial charge in [-0.05, 0) is 26.0 Å². The van der Waals surface area contributed by atoms with Crippen molar-refractivity contribution in [3.05, 3.63) is 30.1 Å². The zero-order valence-electron chi connectivity index (χ0n) is 10.8. The minimum atomic E-state index is -0.658. The first-order chi connectivity index (χ1) is 8.44. The number of aliphatic hydroxyl groups is 1. The molecule has 2 rings (SSSR count). The number of hydrogen-bond donors (Lipinski definition) is 2. The standard InChI is InChI=1S/C13H17N3O2/c1-13(2,8-17)15-12(18)11-14-9-6-4-5-7-10(9)16(11)3/h4-7,17H,8H2,1-3H3,(H,15,18). The van der Waals surface area contributed by atoms with Crippen LogP contribution in [0.2, 0.25) is 0 Å². The quantitative estimate of drug-likeness (QED) is 0.852. The Balaban J connectivity index is 2.37. The molecule has 2 aromatic rings. The van der Waals surface area contributed by atoms with E-state index in [2.05, 4.69) is 10.3 Å². The van der Waals surface area contributed by atoms with Crippen molar-refractivity contribution in [2.45, 2.75) is 19.4 Å². The fourth-order valence-electron chi connectivity index (χ4n) is 1.75. The van der Waals surface area contributed by atoms with Crippen molar-refractivity contribution in [1.82, 2.24) is 14.9 Å². The van der Waals surface area contributed by atoms with Crippen LogP contribution in [0.4, 0.5) is 0 Å². The Kier molecular flexibility index (Phi) is 3.09. The Morgan fingerprint density at radius 2 is 2.11 bits per heavy atom. The normalized spacial score (nSPS) is 11.8. The van der Waals surface area contributed by atoms with Crippen LogP contribution in [0.5, 0.6) is 0 Å². The molecule has 0 bridgehead atoms. The summed E-state index contributed by atoms with van der Waals surface area (Å²) in [5, 5.41) is 11.9. The van der Waals surface area contributed by atoms with Crippen molar-refractivity contribution in [2.24, 2.45) is 7.05 Å². The van der Waals surface area contributed by atoms with E-state index >= 15 is 0 Å². The van der Waals surface area contributed by atoms with Gasteiger partial charge in [-0.25, -0.2) is 4.98 Å². The lowest BCUT2D eigenvalue weighted by Crippen LogP contribution is -2.46. The summed E-state index contributed by atoms with van der Waals surface area (Å²) >= 11 is 0. The molecule has 0 radical (unpaired) electrons. The number of carbonyl (C=O) groups excluding carboxylic acids is 1. The summed E-state index contributed by atoms with van der Waals surface area (Å²) in [5.41, 5.74) is 1.03. The SMILES string of the molecule is Cn1c(C(=O)NC(C)(C)CO)nc2ccccc21. The minimum Gasteiger partial charge on any atom is -0.394 e. The van der Waals surface area contributed by atoms with Gasteiger partial charge in [-0.2, -0.15) is 0 Å². The van der Waals surface area contributed by atoms with E-state index in [1.165, 1.54) is 0 Å². The molecule has 5 nitrogen and oxygen atoms in total. The lowest BCUT2D eigenvalue weighted by atomic mass is 10.1. The van der Waals surface area contributed by atoms with Gasteiger partial charge in [0.05, 0.1) is 23.2 Å². The van der Waals surface area contributed by atoms with Crippen LogP contribution in [0.15, 0.2) is 24.3 Å². The van der Waals surface area contributed by atoms with Crippen molar-refractivity contribution < 1.29 is 9.90 Å². The van der Waals surface area contributed by atoms with Gasteiger partial charge < -0.3 is 15.0 Å². The third kappa shape index (κ3) is 2.22. The van der Waals surface area contributed by atoms with E-state index in [-0.39, 0.29) is 12.5 Å². The van der Waals surface area contributed by atoms with Crippen LogP contribution >= 0.6 is 0 Å². The van der Waals surface area contributed by atoms with Gasteiger partial charge in [-0.1, -0.05) is 12.1 Å². The van der Waals surface area contributed by atoms with Gasteiger partial charge in [0, 0.05) is 7.05 Å². The van der Waals surface area contributed by atoms with E-state index in [0.29, 0.717) is 5.82 Å². The van der Waals surface area contributed by atoms with E-state index in [1.54, 1.807) is 25.5 Å². The molecule has 18 heavy (non-hydrogen) atoms. The fourth-order valence-corrected chi connectivity index (χ4v) is 1.75. The topological polar surface area (TPSA) is 67.2 Å². The van der Waals surface area contributed by atoms with Crippen molar-refractivity contribution in [2.75, 3.05) is 6.61 Å². The van der Waals surface area contributed by atoms with Gasteiger partial charge in [-0.3, -0.25) is 4.79 Å². The van der Waals surface area contributed by atoms with Gasteiger partial charge in [-0.15, -0.1) is 0 Å². The molecule has 1 aromatic carbocycles. The number of aryl methyl sites for hydroxylation is 1. The maximum Gasteiger partial charge on any atom is 0.287 e. The molecule has 0 saturated heterocycles. The summed E-state index contributed by atoms with van der Waals surface area (Å²) in [6, 6.07) is 7.57. The van der Waals surface area contributed by atoms with Crippen LogP contribution in [-0.4, -0.2) is 32.7 Å². The summed E-state index contributed by atoms with van der Waals surface area (Å²) in [5.74, 6) is 0.0606. The second-order valence-electron chi connectivity index (χ2n) is 4.98. The molecular formula is C13H17N3O2. The Bertz CT molecular complexity index is 587. The number of aromatic nitrogens is 2. The number of carbonyl (C=O) groups is 1. The van der Waals surface area contributed by atoms with Crippen LogP contribution in [-0.2, 0) is 7.05 Å². The lowest BCUT2D eigenvalue weighted by Gasteiger charge is -2.23. The number of para-hydroxylation sites is 2. The number of benzene rings is 1. The zero-order chi connectivity index (χ0) is 13.3. The molecule has 0 aliphatic rings. The van der Waals surface area contributed by atoms with E-state index in [0.717, 1.165) is 11.0 Å². The highest BCUT2D eigenvalue weighted by molar-refractivity contribution is 5.95. The van der Waals surface area contributed by atoms with Crippen LogP contribution in [0.3, 0.4) is 0 Å². The molecule has 2 N–H and O–H groups in total. The van der Waals surface area contributed by atoms with Crippen LogP contribution in [0, 0.1) is 0 Å². The maximum absolute atomic E-state index is 12.1. The van der Waals surface area contributed by atoms with E-state index in [1.807, 2.05) is 24.3 Å². The van der Waals surface area contributed by atoms with E-state index in [9.17, 15) is 4.79 Å². The third-order valence-electron chi connectivity index (χ3n) is 2.84. The Hall–Kier alpha value is -1.88. The predicted molar refractivity (Wildman–Crippen MR) is 69.3 cm³/mol. The molecule has 1 heterocycles. The largest absolute Gasteiger partial charge is 0.394 e. The highest BCUT2D eigenvalue weighted by Gasteiger charge is 2.23. The summed E-state index contributed by atoms with van der Waals surface area (Å²) in [4.78, 5) is 16.4. The lowest BCUT2D eigenvalue weighted by molar-refractivity contribution is 0.0856. The first-order valence-electron chi connectivity index (χ1n) is 5.79.